The van der Waals surface area contributed by atoms with Gasteiger partial charge in [-0.2, -0.15) is 5.26 Å². The van der Waals surface area contributed by atoms with E-state index in [2.05, 4.69) is 29.3 Å². The third kappa shape index (κ3) is 2.78. The molecule has 1 heterocycles. The van der Waals surface area contributed by atoms with Crippen LogP contribution < -0.4 is 10.2 Å². The maximum absolute atomic E-state index is 8.95. The topological polar surface area (TPSA) is 39.1 Å². The molecule has 1 aliphatic heterocycles. The van der Waals surface area contributed by atoms with E-state index in [-0.39, 0.29) is 0 Å². The van der Waals surface area contributed by atoms with Gasteiger partial charge in [-0.3, -0.25) is 0 Å². The largest absolute Gasteiger partial charge is 0.368 e. The van der Waals surface area contributed by atoms with Crippen molar-refractivity contribution in [3.05, 3.63) is 29.8 Å². The predicted molar refractivity (Wildman–Crippen MR) is 70.1 cm³/mol. The van der Waals surface area contributed by atoms with Crippen molar-refractivity contribution in [3.63, 3.8) is 0 Å². The van der Waals surface area contributed by atoms with Crippen molar-refractivity contribution >= 4 is 5.69 Å². The average molecular weight is 229 g/mol. The van der Waals surface area contributed by atoms with Crippen molar-refractivity contribution in [1.29, 1.82) is 5.26 Å². The SMILES string of the molecule is CCN(c1cccc(C#N)c1)C1CCCNC1. The molecular weight excluding hydrogens is 210 g/mol. The second-order valence-electron chi connectivity index (χ2n) is 4.45. The van der Waals surface area contributed by atoms with Crippen LogP contribution in [0.15, 0.2) is 24.3 Å². The molecule has 0 bridgehead atoms. The van der Waals surface area contributed by atoms with Crippen LogP contribution in [0, 0.1) is 11.3 Å². The number of anilines is 1. The molecule has 90 valence electrons. The van der Waals surface area contributed by atoms with E-state index in [0.717, 1.165) is 25.2 Å². The zero-order chi connectivity index (χ0) is 12.1. The third-order valence-corrected chi connectivity index (χ3v) is 3.36. The molecule has 3 heteroatoms. The van der Waals surface area contributed by atoms with E-state index < -0.39 is 0 Å². The highest BCUT2D eigenvalue weighted by Gasteiger charge is 2.19. The Kier molecular flexibility index (Phi) is 4.00. The summed E-state index contributed by atoms with van der Waals surface area (Å²) in [4.78, 5) is 2.40. The molecular formula is C14H19N3. The number of likely N-dealkylation sites (N-methyl/N-ethyl adjacent to an activating group) is 1. The summed E-state index contributed by atoms with van der Waals surface area (Å²) in [7, 11) is 0. The first kappa shape index (κ1) is 11.9. The van der Waals surface area contributed by atoms with Gasteiger partial charge in [0.15, 0.2) is 0 Å². The molecule has 0 radical (unpaired) electrons. The summed E-state index contributed by atoms with van der Waals surface area (Å²) in [5.41, 5.74) is 1.91. The van der Waals surface area contributed by atoms with Gasteiger partial charge in [0.2, 0.25) is 0 Å². The Hall–Kier alpha value is -1.53. The van der Waals surface area contributed by atoms with Gasteiger partial charge in [-0.25, -0.2) is 0 Å². The van der Waals surface area contributed by atoms with E-state index in [1.165, 1.54) is 18.5 Å². The number of nitriles is 1. The van der Waals surface area contributed by atoms with E-state index in [1.807, 2.05) is 18.2 Å². The van der Waals surface area contributed by atoms with Gasteiger partial charge in [0.25, 0.3) is 0 Å². The van der Waals surface area contributed by atoms with E-state index in [0.29, 0.717) is 6.04 Å². The number of nitrogens with zero attached hydrogens (tertiary/aromatic N) is 2. The highest BCUT2D eigenvalue weighted by molar-refractivity contribution is 5.52. The van der Waals surface area contributed by atoms with Crippen molar-refractivity contribution in [2.75, 3.05) is 24.5 Å². The molecule has 1 aromatic rings. The molecule has 0 amide bonds. The molecule has 2 rings (SSSR count). The van der Waals surface area contributed by atoms with E-state index >= 15 is 0 Å². The molecule has 1 unspecified atom stereocenters. The lowest BCUT2D eigenvalue weighted by atomic mass is 10.0. The number of nitrogens with one attached hydrogen (secondary N) is 1. The molecule has 1 aromatic carbocycles. The van der Waals surface area contributed by atoms with Gasteiger partial charge in [-0.15, -0.1) is 0 Å². The average Bonchev–Trinajstić information content (AvgIpc) is 2.41. The number of piperidine rings is 1. The molecule has 1 atom stereocenters. The summed E-state index contributed by atoms with van der Waals surface area (Å²) in [6.45, 7) is 5.34. The minimum atomic E-state index is 0.558. The first-order chi connectivity index (χ1) is 8.35. The van der Waals surface area contributed by atoms with E-state index in [4.69, 9.17) is 5.26 Å². The van der Waals surface area contributed by atoms with Crippen LogP contribution in [0.3, 0.4) is 0 Å². The summed E-state index contributed by atoms with van der Waals surface area (Å²) in [6, 6.07) is 10.7. The fourth-order valence-electron chi connectivity index (χ4n) is 2.51. The van der Waals surface area contributed by atoms with Gasteiger partial charge in [0, 0.05) is 24.8 Å². The number of hydrogen-bond donors (Lipinski definition) is 1. The minimum absolute atomic E-state index is 0.558. The van der Waals surface area contributed by atoms with Gasteiger partial charge < -0.3 is 10.2 Å². The lowest BCUT2D eigenvalue weighted by Crippen LogP contribution is -2.46. The lowest BCUT2D eigenvalue weighted by Gasteiger charge is -2.35. The highest BCUT2D eigenvalue weighted by Crippen LogP contribution is 2.21. The fraction of sp³-hybridized carbons (Fsp3) is 0.500. The second-order valence-corrected chi connectivity index (χ2v) is 4.45. The Labute approximate surface area is 103 Å². The fourth-order valence-corrected chi connectivity index (χ4v) is 2.51. The summed E-state index contributed by atoms with van der Waals surface area (Å²) < 4.78 is 0. The zero-order valence-corrected chi connectivity index (χ0v) is 10.3. The Morgan fingerprint density at radius 2 is 2.41 bits per heavy atom. The monoisotopic (exact) mass is 229 g/mol. The van der Waals surface area contributed by atoms with Crippen LogP contribution in [0.25, 0.3) is 0 Å². The van der Waals surface area contributed by atoms with Crippen LogP contribution in [-0.4, -0.2) is 25.7 Å². The van der Waals surface area contributed by atoms with Crippen LogP contribution in [0.2, 0.25) is 0 Å². The normalized spacial score (nSPS) is 19.6. The zero-order valence-electron chi connectivity index (χ0n) is 10.3. The molecule has 1 fully saturated rings. The maximum Gasteiger partial charge on any atom is 0.0992 e. The summed E-state index contributed by atoms with van der Waals surface area (Å²) in [5, 5.41) is 12.4. The molecule has 0 aromatic heterocycles. The van der Waals surface area contributed by atoms with Gasteiger partial charge >= 0.3 is 0 Å². The number of benzene rings is 1. The summed E-state index contributed by atoms with van der Waals surface area (Å²) >= 11 is 0. The molecule has 1 N–H and O–H groups in total. The second kappa shape index (κ2) is 5.70. The van der Waals surface area contributed by atoms with Crippen LogP contribution in [-0.2, 0) is 0 Å². The smallest absolute Gasteiger partial charge is 0.0992 e. The maximum atomic E-state index is 8.95. The Bertz CT molecular complexity index is 402. The molecule has 1 aliphatic rings. The minimum Gasteiger partial charge on any atom is -0.368 e. The molecule has 17 heavy (non-hydrogen) atoms. The van der Waals surface area contributed by atoms with Crippen molar-refractivity contribution in [1.82, 2.24) is 5.32 Å². The van der Waals surface area contributed by atoms with Crippen LogP contribution in [0.5, 0.6) is 0 Å². The van der Waals surface area contributed by atoms with Gasteiger partial charge in [0.1, 0.15) is 0 Å². The van der Waals surface area contributed by atoms with E-state index in [1.54, 1.807) is 0 Å². The highest BCUT2D eigenvalue weighted by atomic mass is 15.2. The van der Waals surface area contributed by atoms with Crippen LogP contribution >= 0.6 is 0 Å². The van der Waals surface area contributed by atoms with E-state index in [9.17, 15) is 0 Å². The van der Waals surface area contributed by atoms with Gasteiger partial charge in [-0.05, 0) is 44.5 Å². The molecule has 1 saturated heterocycles. The lowest BCUT2D eigenvalue weighted by molar-refractivity contribution is 0.435. The van der Waals surface area contributed by atoms with Crippen LogP contribution in [0.1, 0.15) is 25.3 Å². The number of hydrogen-bond acceptors (Lipinski definition) is 3. The Morgan fingerprint density at radius 1 is 1.53 bits per heavy atom. The quantitative estimate of drug-likeness (QED) is 0.863. The van der Waals surface area contributed by atoms with Gasteiger partial charge in [-0.1, -0.05) is 6.07 Å². The van der Waals surface area contributed by atoms with Crippen molar-refractivity contribution in [3.8, 4) is 6.07 Å². The predicted octanol–water partition coefficient (Wildman–Crippen LogP) is 2.14. The molecule has 0 aliphatic carbocycles. The summed E-state index contributed by atoms with van der Waals surface area (Å²) in [6.07, 6.45) is 2.47. The van der Waals surface area contributed by atoms with Crippen molar-refractivity contribution in [2.24, 2.45) is 0 Å². The first-order valence-corrected chi connectivity index (χ1v) is 6.32. The standard InChI is InChI=1S/C14H19N3/c1-2-17(14-7-4-8-16-11-14)13-6-3-5-12(9-13)10-15/h3,5-6,9,14,16H,2,4,7-8,11H2,1H3. The first-order valence-electron chi connectivity index (χ1n) is 6.32. The van der Waals surface area contributed by atoms with Gasteiger partial charge in [0.05, 0.1) is 11.6 Å². The number of rotatable bonds is 3. The summed E-state index contributed by atoms with van der Waals surface area (Å²) in [5.74, 6) is 0. The third-order valence-electron chi connectivity index (χ3n) is 3.36. The Morgan fingerprint density at radius 3 is 3.06 bits per heavy atom. The molecule has 0 spiro atoms. The van der Waals surface area contributed by atoms with Crippen molar-refractivity contribution in [2.45, 2.75) is 25.8 Å². The molecule has 0 saturated carbocycles. The van der Waals surface area contributed by atoms with Crippen LogP contribution in [0.4, 0.5) is 5.69 Å². The Balaban J connectivity index is 2.18. The molecule has 3 nitrogen and oxygen atoms in total. The van der Waals surface area contributed by atoms with Crippen molar-refractivity contribution < 1.29 is 0 Å².